The summed E-state index contributed by atoms with van der Waals surface area (Å²) in [5.41, 5.74) is -4.76. The minimum absolute atomic E-state index is 0.0361. The van der Waals surface area contributed by atoms with Gasteiger partial charge in [0, 0.05) is 18.8 Å². The Morgan fingerprint density at radius 2 is 1.27 bits per heavy atom. The number of carbonyl (C=O) groups is 4. The third-order valence-corrected chi connectivity index (χ3v) is 22.4. The van der Waals surface area contributed by atoms with Gasteiger partial charge in [-0.25, -0.2) is 4.79 Å². The van der Waals surface area contributed by atoms with Gasteiger partial charge >= 0.3 is 17.9 Å². The van der Waals surface area contributed by atoms with Crippen LogP contribution in [0.5, 0.6) is 0 Å². The number of carboxylic acid groups (broad SMARTS) is 1. The van der Waals surface area contributed by atoms with E-state index < -0.39 is 230 Å². The number of aliphatic hydroxyl groups excluding tert-OH is 13. The van der Waals surface area contributed by atoms with E-state index in [1.165, 1.54) is 6.92 Å². The van der Waals surface area contributed by atoms with Crippen molar-refractivity contribution in [1.29, 1.82) is 0 Å². The monoisotopic (exact) mass is 1260 g/mol. The number of carboxylic acids is 1. The van der Waals surface area contributed by atoms with Crippen LogP contribution < -0.4 is 0 Å². The van der Waals surface area contributed by atoms with Crippen molar-refractivity contribution in [3.05, 3.63) is 11.6 Å². The van der Waals surface area contributed by atoms with Crippen molar-refractivity contribution in [2.45, 2.75) is 255 Å². The molecule has 0 aromatic rings. The van der Waals surface area contributed by atoms with Crippen LogP contribution in [0, 0.1) is 56.2 Å². The van der Waals surface area contributed by atoms with Crippen molar-refractivity contribution >= 4 is 24.2 Å². The molecule has 0 unspecified atom stereocenters. The lowest BCUT2D eigenvalue weighted by Crippen LogP contribution is -2.72. The number of aldehydes is 1. The zero-order valence-corrected chi connectivity index (χ0v) is 51.2. The molecule has 4 heterocycles. The minimum Gasteiger partial charge on any atom is -0.479 e. The molecular formula is C60H94O28. The second kappa shape index (κ2) is 25.7. The lowest BCUT2D eigenvalue weighted by molar-refractivity contribution is -0.400. The molecular weight excluding hydrogens is 1170 g/mol. The number of aliphatic carboxylic acids is 1. The van der Waals surface area contributed by atoms with Crippen molar-refractivity contribution in [1.82, 2.24) is 0 Å². The van der Waals surface area contributed by atoms with Crippen molar-refractivity contribution in [2.24, 2.45) is 56.2 Å². The maximum absolute atomic E-state index is 14.2. The van der Waals surface area contributed by atoms with Gasteiger partial charge in [0.15, 0.2) is 31.3 Å². The van der Waals surface area contributed by atoms with E-state index in [0.717, 1.165) is 11.9 Å². The fourth-order valence-electron chi connectivity index (χ4n) is 17.5. The first-order valence-electron chi connectivity index (χ1n) is 30.8. The Hall–Kier alpha value is -3.02. The van der Waals surface area contributed by atoms with E-state index in [4.69, 9.17) is 47.4 Å². The van der Waals surface area contributed by atoms with E-state index in [1.807, 2.05) is 27.7 Å². The highest BCUT2D eigenvalue weighted by Crippen LogP contribution is 2.76. The molecule has 14 N–H and O–H groups in total. The summed E-state index contributed by atoms with van der Waals surface area (Å²) in [7, 11) is 0. The number of aliphatic hydroxyl groups is 13. The second-order valence-electron chi connectivity index (χ2n) is 28.4. The Kier molecular flexibility index (Phi) is 20.3. The molecule has 0 aromatic carbocycles. The van der Waals surface area contributed by atoms with Gasteiger partial charge in [0.25, 0.3) is 0 Å². The predicted octanol–water partition coefficient (Wildman–Crippen LogP) is -2.57. The van der Waals surface area contributed by atoms with E-state index in [-0.39, 0.29) is 31.1 Å². The van der Waals surface area contributed by atoms with Gasteiger partial charge in [0.1, 0.15) is 104 Å². The number of carbonyl (C=O) groups excluding carboxylic acids is 3. The highest BCUT2D eigenvalue weighted by atomic mass is 16.8. The summed E-state index contributed by atoms with van der Waals surface area (Å²) in [6.45, 7) is 13.9. The second-order valence-corrected chi connectivity index (χ2v) is 28.4. The lowest BCUT2D eigenvalue weighted by atomic mass is 9.33. The minimum atomic E-state index is -2.34. The van der Waals surface area contributed by atoms with Gasteiger partial charge in [0.05, 0.1) is 49.5 Å². The average Bonchev–Trinajstić information content (AvgIpc) is 0.686. The van der Waals surface area contributed by atoms with E-state index in [0.29, 0.717) is 32.1 Å². The van der Waals surface area contributed by atoms with E-state index in [9.17, 15) is 90.7 Å². The van der Waals surface area contributed by atoms with Gasteiger partial charge in [-0.1, -0.05) is 67.0 Å². The zero-order chi connectivity index (χ0) is 64.9. The molecule has 31 atom stereocenters. The Balaban J connectivity index is 1.04. The largest absolute Gasteiger partial charge is 0.479 e. The molecule has 28 heteroatoms. The molecule has 0 bridgehead atoms. The molecule has 4 aliphatic heterocycles. The lowest BCUT2D eigenvalue weighted by Gasteiger charge is -2.72. The predicted molar refractivity (Wildman–Crippen MR) is 295 cm³/mol. The summed E-state index contributed by atoms with van der Waals surface area (Å²) in [4.78, 5) is 53.8. The Bertz CT molecular complexity index is 2540. The molecule has 9 rings (SSSR count). The molecule has 88 heavy (non-hydrogen) atoms. The average molecular weight is 1260 g/mol. The van der Waals surface area contributed by atoms with Crippen LogP contribution in [-0.4, -0.2) is 263 Å². The maximum atomic E-state index is 14.2. The molecule has 4 saturated heterocycles. The molecule has 0 aromatic heterocycles. The van der Waals surface area contributed by atoms with Crippen molar-refractivity contribution < 1.29 is 138 Å². The first-order chi connectivity index (χ1) is 41.1. The molecule has 28 nitrogen and oxygen atoms in total. The van der Waals surface area contributed by atoms with Crippen LogP contribution in [0.15, 0.2) is 11.6 Å². The number of allylic oxidation sites excluding steroid dienone is 2. The summed E-state index contributed by atoms with van der Waals surface area (Å²) in [5.74, 6) is -4.19. The fourth-order valence-corrected chi connectivity index (χ4v) is 17.5. The molecule has 502 valence electrons. The Morgan fingerprint density at radius 1 is 0.659 bits per heavy atom. The van der Waals surface area contributed by atoms with E-state index >= 15 is 0 Å². The van der Waals surface area contributed by atoms with Crippen LogP contribution in [0.4, 0.5) is 0 Å². The van der Waals surface area contributed by atoms with Gasteiger partial charge in [-0.2, -0.15) is 0 Å². The first-order valence-corrected chi connectivity index (χ1v) is 30.8. The molecule has 4 saturated carbocycles. The topological polar surface area (TPSA) is 444 Å². The van der Waals surface area contributed by atoms with Crippen LogP contribution in [0.3, 0.4) is 0 Å². The number of esters is 2. The maximum Gasteiger partial charge on any atom is 0.335 e. The van der Waals surface area contributed by atoms with E-state index in [2.05, 4.69) is 26.8 Å². The highest BCUT2D eigenvalue weighted by molar-refractivity contribution is 5.73. The summed E-state index contributed by atoms with van der Waals surface area (Å²) < 4.78 is 60.2. The number of hydrogen-bond acceptors (Lipinski definition) is 27. The van der Waals surface area contributed by atoms with Crippen LogP contribution in [0.2, 0.25) is 0 Å². The summed E-state index contributed by atoms with van der Waals surface area (Å²) >= 11 is 0. The Morgan fingerprint density at radius 3 is 1.88 bits per heavy atom. The van der Waals surface area contributed by atoms with Crippen LogP contribution >= 0.6 is 0 Å². The number of ether oxygens (including phenoxy) is 10. The smallest absolute Gasteiger partial charge is 0.335 e. The van der Waals surface area contributed by atoms with Gasteiger partial charge in [-0.3, -0.25) is 9.59 Å². The normalized spacial score (nSPS) is 50.9. The molecule has 9 aliphatic rings. The quantitative estimate of drug-likeness (QED) is 0.0308. The van der Waals surface area contributed by atoms with Crippen LogP contribution in [-0.2, 0) is 66.5 Å². The number of hydrogen-bond donors (Lipinski definition) is 14. The third-order valence-electron chi connectivity index (χ3n) is 22.4. The third kappa shape index (κ3) is 11.5. The molecule has 8 fully saturated rings. The Labute approximate surface area is 509 Å². The van der Waals surface area contributed by atoms with Crippen molar-refractivity contribution in [3.8, 4) is 0 Å². The van der Waals surface area contributed by atoms with Gasteiger partial charge in [0.2, 0.25) is 0 Å². The van der Waals surface area contributed by atoms with Crippen LogP contribution in [0.25, 0.3) is 0 Å². The molecule has 5 aliphatic carbocycles. The summed E-state index contributed by atoms with van der Waals surface area (Å²) in [5, 5.41) is 155. The SMILES string of the molecule is CC(=O)O[C@H]1[C@H](OC(=O)CC(C)C)C(C)(C)C[C@H]2C3=CC[C@@H]4[C@@]5(C)CC[C@H](O[C@@H]6O[C@H](C(=O)O)[C@@H](O)[C@H](O[C@@H]7O[C@H](CO)[C@H](O)[C@H](O[C@@H]8OC[C@H](O)[C@H](O)[C@H]8O)[C@H]7O)[C@H]6O[C@@H]6O[C@H](CO)[C@H](O)[C@H](O)[C@H]6O)[C@@](C)(C=O)[C@@H]5CC[C@@]4(C)[C@]3(C)C[C@@H](O)[C@]21CO. The van der Waals surface area contributed by atoms with Gasteiger partial charge < -0.3 is 124 Å². The molecule has 0 spiro atoms. The van der Waals surface area contributed by atoms with Crippen molar-refractivity contribution in [3.63, 3.8) is 0 Å². The highest BCUT2D eigenvalue weighted by Gasteiger charge is 2.74. The fraction of sp³-hybridized carbons (Fsp3) is 0.900. The molecule has 0 amide bonds. The summed E-state index contributed by atoms with van der Waals surface area (Å²) in [6.07, 6.45) is -36.8. The van der Waals surface area contributed by atoms with Gasteiger partial charge in [-0.05, 0) is 84.9 Å². The summed E-state index contributed by atoms with van der Waals surface area (Å²) in [6, 6.07) is 0. The zero-order valence-electron chi connectivity index (χ0n) is 51.2. The van der Waals surface area contributed by atoms with Gasteiger partial charge in [-0.15, -0.1) is 0 Å². The van der Waals surface area contributed by atoms with Crippen LogP contribution in [0.1, 0.15) is 114 Å². The van der Waals surface area contributed by atoms with E-state index in [1.54, 1.807) is 6.92 Å². The number of fused-ring (bicyclic) bond motifs is 7. The standard InChI is InChI=1S/C60H94O28/c1-24(2)16-35(68)84-48-49(80-25(3)65)60(23-64)27(17-55(48,4)5)26-10-11-32-56(6)14-13-34(57(7,22-63)31(56)12-15-58(32,8)59(26,9)18-33(60)67)83-54-47(88-52-41(74)39(72)37(70)29(19-61)81-52)45(42(75)46(87-54)50(77)78)86-53-43(76)44(38(71)30(20-62)82-53)85-51-40(73)36(69)28(66)21-79-51/h10,22,24,27-34,36-49,51-54,61-62,64,66-67,69-76H,11-21,23H2,1-9H3,(H,77,78)/t27-,28-,29+,30+,31+,32+,33+,34-,36-,37-,38-,39-,40+,41+,42-,43+,44-,45-,46-,47+,48-,49-,51-,52-,53-,54+,56-,57-,58+,59+,60-/m0/s1. The van der Waals surface area contributed by atoms with Crippen molar-refractivity contribution in [2.75, 3.05) is 26.4 Å². The molecule has 0 radical (unpaired) electrons. The first kappa shape index (κ1) is 69.3. The number of rotatable bonds is 17.